The Hall–Kier alpha value is -3.24. The number of amides is 1. The molecule has 0 spiro atoms. The van der Waals surface area contributed by atoms with Crippen molar-refractivity contribution < 1.29 is 23.1 Å². The van der Waals surface area contributed by atoms with Gasteiger partial charge in [-0.15, -0.1) is 10.2 Å². The van der Waals surface area contributed by atoms with E-state index in [1.165, 1.54) is 11.0 Å². The van der Waals surface area contributed by atoms with Crippen LogP contribution in [0, 0.1) is 0 Å². The number of aliphatic hydroxyl groups is 1. The summed E-state index contributed by atoms with van der Waals surface area (Å²) >= 11 is 0. The van der Waals surface area contributed by atoms with Crippen LogP contribution in [-0.4, -0.2) is 37.9 Å². The number of hydrogen-bond donors (Lipinski definition) is 2. The van der Waals surface area contributed by atoms with Gasteiger partial charge >= 0.3 is 6.18 Å². The van der Waals surface area contributed by atoms with Crippen molar-refractivity contribution in [2.45, 2.75) is 75.2 Å². The smallest absolute Gasteiger partial charge is 0.394 e. The van der Waals surface area contributed by atoms with Gasteiger partial charge in [0.25, 0.3) is 5.91 Å². The fourth-order valence-corrected chi connectivity index (χ4v) is 6.46. The van der Waals surface area contributed by atoms with Gasteiger partial charge in [-0.05, 0) is 80.0 Å². The van der Waals surface area contributed by atoms with Gasteiger partial charge in [-0.3, -0.25) is 4.79 Å². The third-order valence-electron chi connectivity index (χ3n) is 8.99. The first-order valence-corrected chi connectivity index (χ1v) is 13.4. The normalized spacial score (nSPS) is 20.4. The zero-order chi connectivity index (χ0) is 27.6. The first-order valence-electron chi connectivity index (χ1n) is 13.4. The van der Waals surface area contributed by atoms with Gasteiger partial charge in [-0.25, -0.2) is 0 Å². The zero-order valence-corrected chi connectivity index (χ0v) is 22.1. The van der Waals surface area contributed by atoms with Gasteiger partial charge in [0.2, 0.25) is 0 Å². The highest BCUT2D eigenvalue weighted by atomic mass is 19.4. The van der Waals surface area contributed by atoms with E-state index in [9.17, 15) is 23.1 Å². The van der Waals surface area contributed by atoms with Crippen molar-refractivity contribution in [3.05, 3.63) is 76.4 Å². The Kier molecular flexibility index (Phi) is 6.11. The molecular formula is C29H32F3N5O2. The summed E-state index contributed by atoms with van der Waals surface area (Å²) in [6.45, 7) is 1.47. The minimum absolute atomic E-state index is 0.0279. The van der Waals surface area contributed by atoms with Gasteiger partial charge in [0.05, 0.1) is 30.2 Å². The van der Waals surface area contributed by atoms with Crippen molar-refractivity contribution in [1.29, 1.82) is 0 Å². The number of rotatable bonds is 7. The van der Waals surface area contributed by atoms with Crippen LogP contribution in [-0.2, 0) is 25.2 Å². The van der Waals surface area contributed by atoms with Crippen LogP contribution >= 0.6 is 0 Å². The summed E-state index contributed by atoms with van der Waals surface area (Å²) in [5, 5.41) is 21.8. The van der Waals surface area contributed by atoms with Crippen LogP contribution in [0.3, 0.4) is 0 Å². The molecule has 2 aliphatic carbocycles. The van der Waals surface area contributed by atoms with E-state index < -0.39 is 23.7 Å². The second-order valence-electron chi connectivity index (χ2n) is 11.5. The molecule has 1 aliphatic heterocycles. The third-order valence-corrected chi connectivity index (χ3v) is 8.99. The lowest BCUT2D eigenvalue weighted by atomic mass is 9.63. The fourth-order valence-electron chi connectivity index (χ4n) is 6.46. The molecule has 1 atom stereocenters. The van der Waals surface area contributed by atoms with E-state index in [2.05, 4.69) is 15.5 Å². The Bertz CT molecular complexity index is 1420. The summed E-state index contributed by atoms with van der Waals surface area (Å²) in [5.74, 6) is 0.371. The van der Waals surface area contributed by atoms with Gasteiger partial charge in [0.15, 0.2) is 0 Å². The van der Waals surface area contributed by atoms with E-state index >= 15 is 0 Å². The Morgan fingerprint density at radius 3 is 2.44 bits per heavy atom. The number of anilines is 1. The molecular weight excluding hydrogens is 507 g/mol. The maximum Gasteiger partial charge on any atom is 0.416 e. The van der Waals surface area contributed by atoms with Crippen molar-refractivity contribution in [1.82, 2.24) is 20.1 Å². The molecule has 7 nitrogen and oxygen atoms in total. The highest BCUT2D eigenvalue weighted by Crippen LogP contribution is 2.49. The largest absolute Gasteiger partial charge is 0.416 e. The van der Waals surface area contributed by atoms with Crippen LogP contribution < -0.4 is 10.2 Å². The van der Waals surface area contributed by atoms with Gasteiger partial charge in [-0.2, -0.15) is 13.2 Å². The number of benzene rings is 2. The second kappa shape index (κ2) is 9.16. The third kappa shape index (κ3) is 4.24. The average Bonchev–Trinajstić information content (AvgIpc) is 3.43. The number of carbonyl (C=O) groups is 1. The minimum atomic E-state index is -4.64. The molecule has 2 N–H and O–H groups in total. The highest BCUT2D eigenvalue weighted by Gasteiger charge is 2.45. The lowest BCUT2D eigenvalue weighted by Crippen LogP contribution is -2.50. The maximum absolute atomic E-state index is 14.3. The van der Waals surface area contributed by atoms with Crippen molar-refractivity contribution in [3.63, 3.8) is 0 Å². The van der Waals surface area contributed by atoms with Gasteiger partial charge in [-0.1, -0.05) is 18.6 Å². The van der Waals surface area contributed by atoms with Crippen LogP contribution in [0.1, 0.15) is 89.9 Å². The molecule has 1 aromatic heterocycles. The van der Waals surface area contributed by atoms with Gasteiger partial charge in [0.1, 0.15) is 12.2 Å². The van der Waals surface area contributed by atoms with Crippen molar-refractivity contribution >= 4 is 11.6 Å². The molecule has 39 heavy (non-hydrogen) atoms. The van der Waals surface area contributed by atoms with E-state index in [0.717, 1.165) is 56.0 Å². The number of hydrogen-bond acceptors (Lipinski definition) is 5. The quantitative estimate of drug-likeness (QED) is 0.440. The number of nitrogens with one attached hydrogen (secondary N) is 1. The number of fused-ring (bicyclic) bond motifs is 1. The summed E-state index contributed by atoms with van der Waals surface area (Å²) in [5.41, 5.74) is 0.416. The van der Waals surface area contributed by atoms with Crippen molar-refractivity contribution in [2.75, 3.05) is 11.5 Å². The van der Waals surface area contributed by atoms with Gasteiger partial charge < -0.3 is 19.9 Å². The number of alkyl halides is 3. The van der Waals surface area contributed by atoms with Crippen molar-refractivity contribution in [2.24, 2.45) is 7.05 Å². The molecule has 2 fully saturated rings. The first-order chi connectivity index (χ1) is 18.5. The minimum Gasteiger partial charge on any atom is -0.394 e. The maximum atomic E-state index is 14.3. The van der Waals surface area contributed by atoms with E-state index in [-0.39, 0.29) is 40.8 Å². The van der Waals surface area contributed by atoms with Crippen LogP contribution in [0.4, 0.5) is 18.9 Å². The Labute approximate surface area is 225 Å². The number of halogens is 3. The lowest BCUT2D eigenvalue weighted by molar-refractivity contribution is -0.138. The summed E-state index contributed by atoms with van der Waals surface area (Å²) in [6, 6.07) is 9.43. The van der Waals surface area contributed by atoms with E-state index in [4.69, 9.17) is 0 Å². The molecule has 0 bridgehead atoms. The number of aromatic nitrogens is 3. The molecule has 0 saturated heterocycles. The highest BCUT2D eigenvalue weighted by molar-refractivity contribution is 6.10. The summed E-state index contributed by atoms with van der Waals surface area (Å²) < 4.78 is 44.8. The second-order valence-corrected chi connectivity index (χ2v) is 11.5. The summed E-state index contributed by atoms with van der Waals surface area (Å²) in [4.78, 5) is 15.1. The zero-order valence-electron chi connectivity index (χ0n) is 22.1. The number of nitrogens with zero attached hydrogens (tertiary/aromatic N) is 4. The van der Waals surface area contributed by atoms with Crippen LogP contribution in [0.25, 0.3) is 0 Å². The molecule has 3 aliphatic rings. The predicted molar refractivity (Wildman–Crippen MR) is 139 cm³/mol. The molecule has 2 aromatic carbocycles. The molecule has 3 aromatic rings. The molecule has 10 heteroatoms. The monoisotopic (exact) mass is 539 g/mol. The SMILES string of the molecule is Cn1cnnc1C1(c2cccc(N3Cc4c(cc(C(CO)NC5(C)CCC5)cc4C(F)(F)F)C3=O)c2)CCC1. The molecule has 1 amide bonds. The van der Waals surface area contributed by atoms with E-state index in [0.29, 0.717) is 5.69 Å². The predicted octanol–water partition coefficient (Wildman–Crippen LogP) is 5.03. The number of carbonyl (C=O) groups excluding carboxylic acids is 1. The molecule has 0 radical (unpaired) electrons. The summed E-state index contributed by atoms with van der Waals surface area (Å²) in [7, 11) is 1.90. The number of aliphatic hydroxyl groups excluding tert-OH is 1. The van der Waals surface area contributed by atoms with Crippen LogP contribution in [0.2, 0.25) is 0 Å². The Morgan fingerprint density at radius 1 is 1.13 bits per heavy atom. The lowest BCUT2D eigenvalue weighted by Gasteiger charge is -2.42. The molecule has 6 rings (SSSR count). The Morgan fingerprint density at radius 2 is 1.87 bits per heavy atom. The van der Waals surface area contributed by atoms with Crippen molar-refractivity contribution in [3.8, 4) is 0 Å². The molecule has 1 unspecified atom stereocenters. The van der Waals surface area contributed by atoms with E-state index in [1.807, 2.05) is 36.7 Å². The fraction of sp³-hybridized carbons (Fsp3) is 0.483. The first kappa shape index (κ1) is 26.0. The standard InChI is InChI=1S/C29H32F3N5O2/c1-27(8-4-9-27)34-24(16-38)18-12-21-22(23(13-18)29(30,31)32)15-37(25(21)39)20-7-3-6-19(14-20)28(10-5-11-28)26-35-33-17-36(26)2/h3,6-7,12-14,17,24,34,38H,4-5,8-11,15-16H2,1-2H3. The van der Waals surface area contributed by atoms with Gasteiger partial charge in [0, 0.05) is 23.8 Å². The Balaban J connectivity index is 1.37. The summed E-state index contributed by atoms with van der Waals surface area (Å²) in [6.07, 6.45) is 2.63. The molecule has 206 valence electrons. The van der Waals surface area contributed by atoms with E-state index in [1.54, 1.807) is 12.4 Å². The average molecular weight is 540 g/mol. The topological polar surface area (TPSA) is 83.3 Å². The molecule has 2 saturated carbocycles. The van der Waals surface area contributed by atoms with Crippen LogP contribution in [0.5, 0.6) is 0 Å². The molecule has 2 heterocycles. The van der Waals surface area contributed by atoms with Crippen LogP contribution in [0.15, 0.2) is 42.7 Å². The number of aryl methyl sites for hydroxylation is 1.